The molecule has 5 aliphatic rings. The monoisotopic (exact) mass is 295 g/mol. The molecular formula is C17H29NOS. The minimum atomic E-state index is -0.663. The molecule has 0 spiro atoms. The van der Waals surface area contributed by atoms with E-state index in [0.29, 0.717) is 10.7 Å². The molecule has 2 nitrogen and oxygen atoms in total. The summed E-state index contributed by atoms with van der Waals surface area (Å²) in [6.45, 7) is 0. The molecule has 0 aromatic rings. The molecule has 20 heavy (non-hydrogen) atoms. The van der Waals surface area contributed by atoms with E-state index >= 15 is 0 Å². The summed E-state index contributed by atoms with van der Waals surface area (Å²) in [5.74, 6) is 3.64. The summed E-state index contributed by atoms with van der Waals surface area (Å²) in [4.78, 5) is 0. The Morgan fingerprint density at radius 1 is 1.00 bits per heavy atom. The quantitative estimate of drug-likeness (QED) is 0.865. The van der Waals surface area contributed by atoms with E-state index in [2.05, 4.69) is 0 Å². The molecule has 5 saturated carbocycles. The highest BCUT2D eigenvalue weighted by atomic mass is 32.2. The molecule has 3 heteroatoms. The molecule has 2 atom stereocenters. The molecule has 0 amide bonds. The number of nitrogens with two attached hydrogens (primary N) is 1. The Hall–Kier alpha value is 0.110. The summed E-state index contributed by atoms with van der Waals surface area (Å²) in [6, 6.07) is 0.206. The molecule has 114 valence electrons. The maximum absolute atomic E-state index is 12.6. The van der Waals surface area contributed by atoms with Crippen molar-refractivity contribution in [3.8, 4) is 0 Å². The molecule has 5 fully saturated rings. The van der Waals surface area contributed by atoms with Crippen LogP contribution in [0.1, 0.15) is 64.2 Å². The van der Waals surface area contributed by atoms with Gasteiger partial charge in [-0.1, -0.05) is 12.8 Å². The van der Waals surface area contributed by atoms with E-state index in [1.807, 2.05) is 0 Å². The van der Waals surface area contributed by atoms with Crippen molar-refractivity contribution < 1.29 is 4.21 Å². The molecule has 2 unspecified atom stereocenters. The van der Waals surface area contributed by atoms with E-state index in [1.54, 1.807) is 0 Å². The van der Waals surface area contributed by atoms with Gasteiger partial charge in [0.15, 0.2) is 0 Å². The SMILES string of the molecule is NC(CS(=O)C1CCCC1)C12CC3CC(CC(C3)C1)C2. The number of hydrogen-bond acceptors (Lipinski definition) is 2. The third kappa shape index (κ3) is 2.29. The van der Waals surface area contributed by atoms with Gasteiger partial charge in [0.2, 0.25) is 0 Å². The van der Waals surface area contributed by atoms with Gasteiger partial charge in [0.25, 0.3) is 0 Å². The van der Waals surface area contributed by atoms with Gasteiger partial charge in [-0.3, -0.25) is 4.21 Å². The molecular weight excluding hydrogens is 266 g/mol. The minimum Gasteiger partial charge on any atom is -0.326 e. The Morgan fingerprint density at radius 2 is 1.50 bits per heavy atom. The molecule has 0 aliphatic heterocycles. The first kappa shape index (κ1) is 13.8. The van der Waals surface area contributed by atoms with Gasteiger partial charge in [-0.15, -0.1) is 0 Å². The van der Waals surface area contributed by atoms with Crippen LogP contribution in [0, 0.1) is 23.2 Å². The van der Waals surface area contributed by atoms with Crippen molar-refractivity contribution >= 4 is 10.8 Å². The smallest absolute Gasteiger partial charge is 0.0394 e. The molecule has 0 heterocycles. The standard InChI is InChI=1S/C17H29NOS/c18-16(11-20(19)15-3-1-2-4-15)17-8-12-5-13(9-17)7-14(6-12)10-17/h12-16H,1-11,18H2. The van der Waals surface area contributed by atoms with Crippen LogP contribution in [-0.2, 0) is 10.8 Å². The van der Waals surface area contributed by atoms with Gasteiger partial charge in [0.05, 0.1) is 0 Å². The molecule has 2 N–H and O–H groups in total. The minimum absolute atomic E-state index is 0.206. The van der Waals surface area contributed by atoms with E-state index in [-0.39, 0.29) is 6.04 Å². The Balaban J connectivity index is 1.45. The normalized spacial score (nSPS) is 46.8. The molecule has 0 saturated heterocycles. The van der Waals surface area contributed by atoms with Crippen LogP contribution >= 0.6 is 0 Å². The predicted molar refractivity (Wildman–Crippen MR) is 83.8 cm³/mol. The summed E-state index contributed by atoms with van der Waals surface area (Å²) < 4.78 is 12.6. The molecule has 4 bridgehead atoms. The lowest BCUT2D eigenvalue weighted by Crippen LogP contribution is -2.56. The maximum atomic E-state index is 12.6. The van der Waals surface area contributed by atoms with Crippen LogP contribution < -0.4 is 5.73 Å². The zero-order chi connectivity index (χ0) is 13.7. The highest BCUT2D eigenvalue weighted by molar-refractivity contribution is 7.85. The Kier molecular flexibility index (Phi) is 3.50. The van der Waals surface area contributed by atoms with Crippen LogP contribution in [0.4, 0.5) is 0 Å². The first-order valence-electron chi connectivity index (χ1n) is 8.77. The fourth-order valence-corrected chi connectivity index (χ4v) is 8.11. The second kappa shape index (κ2) is 5.08. The number of hydrogen-bond donors (Lipinski definition) is 1. The third-order valence-electron chi connectivity index (χ3n) is 6.89. The van der Waals surface area contributed by atoms with Crippen molar-refractivity contribution in [2.24, 2.45) is 28.9 Å². The highest BCUT2D eigenvalue weighted by Gasteiger charge is 2.53. The van der Waals surface area contributed by atoms with Crippen molar-refractivity contribution in [3.05, 3.63) is 0 Å². The lowest BCUT2D eigenvalue weighted by molar-refractivity contribution is -0.0631. The Morgan fingerprint density at radius 3 is 2.00 bits per heavy atom. The largest absolute Gasteiger partial charge is 0.326 e. The maximum Gasteiger partial charge on any atom is 0.0394 e. The summed E-state index contributed by atoms with van der Waals surface area (Å²) in [7, 11) is -0.663. The van der Waals surface area contributed by atoms with Crippen LogP contribution in [0.2, 0.25) is 0 Å². The van der Waals surface area contributed by atoms with Gasteiger partial charge in [-0.25, -0.2) is 0 Å². The highest BCUT2D eigenvalue weighted by Crippen LogP contribution is 2.61. The predicted octanol–water partition coefficient (Wildman–Crippen LogP) is 3.22. The van der Waals surface area contributed by atoms with Gasteiger partial charge in [0, 0.05) is 27.8 Å². The average Bonchev–Trinajstić information content (AvgIpc) is 2.90. The van der Waals surface area contributed by atoms with E-state index in [9.17, 15) is 4.21 Å². The van der Waals surface area contributed by atoms with Crippen LogP contribution in [0.15, 0.2) is 0 Å². The molecule has 0 radical (unpaired) electrons. The van der Waals surface area contributed by atoms with Crippen LogP contribution in [0.25, 0.3) is 0 Å². The van der Waals surface area contributed by atoms with E-state index in [1.165, 1.54) is 64.2 Å². The average molecular weight is 295 g/mol. The third-order valence-corrected chi connectivity index (χ3v) is 8.79. The number of rotatable bonds is 4. The molecule has 5 aliphatic carbocycles. The summed E-state index contributed by atoms with van der Waals surface area (Å²) >= 11 is 0. The van der Waals surface area contributed by atoms with Crippen molar-refractivity contribution in [3.63, 3.8) is 0 Å². The molecule has 0 aromatic heterocycles. The molecule has 5 rings (SSSR count). The second-order valence-electron chi connectivity index (χ2n) is 8.34. The van der Waals surface area contributed by atoms with Gasteiger partial charge >= 0.3 is 0 Å². The summed E-state index contributed by atoms with van der Waals surface area (Å²) in [5.41, 5.74) is 7.03. The van der Waals surface area contributed by atoms with Crippen molar-refractivity contribution in [1.29, 1.82) is 0 Å². The second-order valence-corrected chi connectivity index (χ2v) is 10.1. The van der Waals surface area contributed by atoms with Crippen LogP contribution in [0.3, 0.4) is 0 Å². The van der Waals surface area contributed by atoms with Gasteiger partial charge in [-0.2, -0.15) is 0 Å². The Bertz CT molecular complexity index is 367. The fraction of sp³-hybridized carbons (Fsp3) is 1.00. The first-order valence-corrected chi connectivity index (χ1v) is 10.2. The first-order chi connectivity index (χ1) is 9.64. The molecule has 0 aromatic carbocycles. The fourth-order valence-electron chi connectivity index (χ4n) is 6.27. The lowest BCUT2D eigenvalue weighted by Gasteiger charge is -2.59. The van der Waals surface area contributed by atoms with Crippen LogP contribution in [0.5, 0.6) is 0 Å². The van der Waals surface area contributed by atoms with Gasteiger partial charge < -0.3 is 5.73 Å². The Labute approximate surface area is 125 Å². The van der Waals surface area contributed by atoms with E-state index < -0.39 is 10.8 Å². The van der Waals surface area contributed by atoms with E-state index in [4.69, 9.17) is 5.73 Å². The van der Waals surface area contributed by atoms with Crippen LogP contribution in [-0.4, -0.2) is 21.3 Å². The topological polar surface area (TPSA) is 43.1 Å². The van der Waals surface area contributed by atoms with Gasteiger partial charge in [0.1, 0.15) is 0 Å². The summed E-state index contributed by atoms with van der Waals surface area (Å²) in [6.07, 6.45) is 13.4. The van der Waals surface area contributed by atoms with Gasteiger partial charge in [-0.05, 0) is 74.5 Å². The zero-order valence-electron chi connectivity index (χ0n) is 12.6. The zero-order valence-corrected chi connectivity index (χ0v) is 13.4. The summed E-state index contributed by atoms with van der Waals surface area (Å²) in [5, 5.41) is 0.468. The van der Waals surface area contributed by atoms with Crippen molar-refractivity contribution in [1.82, 2.24) is 0 Å². The van der Waals surface area contributed by atoms with E-state index in [0.717, 1.165) is 23.5 Å². The van der Waals surface area contributed by atoms with Crippen molar-refractivity contribution in [2.45, 2.75) is 75.5 Å². The van der Waals surface area contributed by atoms with Crippen molar-refractivity contribution in [2.75, 3.05) is 5.75 Å². The lowest BCUT2D eigenvalue weighted by atomic mass is 9.48.